The van der Waals surface area contributed by atoms with Gasteiger partial charge in [0, 0.05) is 0 Å². The Morgan fingerprint density at radius 3 is 1.96 bits per heavy atom. The molecule has 3 nitrogen and oxygen atoms in total. The molecule has 4 rings (SSSR count). The molecule has 0 aromatic heterocycles. The average Bonchev–Trinajstić information content (AvgIpc) is 2.76. The van der Waals surface area contributed by atoms with Gasteiger partial charge in [-0.05, 0) is 0 Å². The van der Waals surface area contributed by atoms with E-state index in [0.717, 1.165) is 16.3 Å². The van der Waals surface area contributed by atoms with Gasteiger partial charge in [-0.2, -0.15) is 0 Å². The summed E-state index contributed by atoms with van der Waals surface area (Å²) >= 11 is 0. The van der Waals surface area contributed by atoms with Crippen LogP contribution in [0.25, 0.3) is 10.8 Å². The van der Waals surface area contributed by atoms with Crippen LogP contribution in [0.15, 0.2) is 97.1 Å². The molecule has 0 bridgehead atoms. The monoisotopic (exact) mass is 363 g/mol. The van der Waals surface area contributed by atoms with Crippen molar-refractivity contribution in [2.75, 3.05) is 0 Å². The van der Waals surface area contributed by atoms with Gasteiger partial charge in [0.1, 0.15) is 0 Å². The van der Waals surface area contributed by atoms with Crippen LogP contribution in [-0.2, 0) is 0 Å². The quantitative estimate of drug-likeness (QED) is 0.291. The van der Waals surface area contributed by atoms with Gasteiger partial charge in [-0.25, -0.2) is 0 Å². The molecule has 0 unspecified atom stereocenters. The number of rotatable bonds is 5. The van der Waals surface area contributed by atoms with Crippen LogP contribution in [0, 0.1) is 0 Å². The molecule has 0 fully saturated rings. The van der Waals surface area contributed by atoms with Crippen LogP contribution in [-0.4, -0.2) is 19.1 Å². The Morgan fingerprint density at radius 1 is 0.643 bits per heavy atom. The molecule has 4 heteroatoms. The second-order valence-electron chi connectivity index (χ2n) is 6.20. The van der Waals surface area contributed by atoms with Crippen LogP contribution in [0.5, 0.6) is 11.5 Å². The maximum absolute atomic E-state index is 12.5. The van der Waals surface area contributed by atoms with Gasteiger partial charge in [0.25, 0.3) is 0 Å². The first-order valence-corrected chi connectivity index (χ1v) is 8.87. The summed E-state index contributed by atoms with van der Waals surface area (Å²) in [6.07, 6.45) is 0. The number of fused-ring (bicyclic) bond motifs is 1. The van der Waals surface area contributed by atoms with Crippen molar-refractivity contribution < 1.29 is 14.3 Å². The van der Waals surface area contributed by atoms with Crippen molar-refractivity contribution in [2.24, 2.45) is 0 Å². The molecular formula is C24H16BO3. The Labute approximate surface area is 164 Å². The molecule has 0 spiro atoms. The molecule has 28 heavy (non-hydrogen) atoms. The van der Waals surface area contributed by atoms with E-state index in [0.29, 0.717) is 17.1 Å². The summed E-state index contributed by atoms with van der Waals surface area (Å²) in [7, 11) is 6.18. The summed E-state index contributed by atoms with van der Waals surface area (Å²) in [5.74, 6) is 0.259. The van der Waals surface area contributed by atoms with Crippen molar-refractivity contribution >= 4 is 29.9 Å². The standard InChI is InChI=1S/C24H16BO3/c25-23(18-10-3-1-4-11-18)28-22-20-14-8-7-9-17(20)15-16-21(22)27-24(26)19-12-5-2-6-13-19/h1-16H. The first-order chi connectivity index (χ1) is 13.7. The number of esters is 1. The molecule has 0 saturated carbocycles. The number of benzene rings is 4. The molecule has 133 valence electrons. The SMILES string of the molecule is [B]=C(Oc1c(OC(=O)c2ccccc2)ccc2ccccc12)c1ccccc1. The summed E-state index contributed by atoms with van der Waals surface area (Å²) in [6, 6.07) is 29.5. The van der Waals surface area contributed by atoms with E-state index in [-0.39, 0.29) is 5.65 Å². The number of hydrogen-bond acceptors (Lipinski definition) is 3. The molecule has 0 aliphatic carbocycles. The van der Waals surface area contributed by atoms with E-state index in [2.05, 4.69) is 0 Å². The number of carbonyl (C=O) groups is 1. The predicted molar refractivity (Wildman–Crippen MR) is 112 cm³/mol. The van der Waals surface area contributed by atoms with Crippen LogP contribution in [0.2, 0.25) is 0 Å². The fraction of sp³-hybridized carbons (Fsp3) is 0. The Balaban J connectivity index is 1.73. The van der Waals surface area contributed by atoms with E-state index in [1.807, 2.05) is 66.7 Å². The van der Waals surface area contributed by atoms with E-state index in [9.17, 15) is 4.79 Å². The van der Waals surface area contributed by atoms with Crippen molar-refractivity contribution in [2.45, 2.75) is 0 Å². The van der Waals surface area contributed by atoms with Gasteiger partial charge in [-0.15, -0.1) is 0 Å². The van der Waals surface area contributed by atoms with Crippen molar-refractivity contribution in [3.05, 3.63) is 108 Å². The van der Waals surface area contributed by atoms with Gasteiger partial charge in [0.15, 0.2) is 0 Å². The molecule has 0 N–H and O–H groups in total. The minimum atomic E-state index is -0.459. The predicted octanol–water partition coefficient (Wildman–Crippen LogP) is 4.78. The molecule has 0 amide bonds. The van der Waals surface area contributed by atoms with Gasteiger partial charge >= 0.3 is 164 Å². The van der Waals surface area contributed by atoms with Crippen LogP contribution in [0.4, 0.5) is 0 Å². The van der Waals surface area contributed by atoms with Crippen molar-refractivity contribution in [3.8, 4) is 11.5 Å². The molecule has 0 saturated heterocycles. The number of carbonyl (C=O) groups excluding carboxylic acids is 1. The van der Waals surface area contributed by atoms with Gasteiger partial charge < -0.3 is 0 Å². The summed E-state index contributed by atoms with van der Waals surface area (Å²) in [5, 5.41) is 1.76. The van der Waals surface area contributed by atoms with Crippen molar-refractivity contribution in [1.82, 2.24) is 0 Å². The van der Waals surface area contributed by atoms with Crippen molar-refractivity contribution in [3.63, 3.8) is 0 Å². The Morgan fingerprint density at radius 2 is 1.25 bits per heavy atom. The van der Waals surface area contributed by atoms with Crippen LogP contribution in [0.3, 0.4) is 0 Å². The minimum absolute atomic E-state index is 0.231. The second-order valence-corrected chi connectivity index (χ2v) is 6.20. The molecule has 1 radical (unpaired) electrons. The van der Waals surface area contributed by atoms with Gasteiger partial charge in [-0.1, -0.05) is 0 Å². The zero-order valence-electron chi connectivity index (χ0n) is 15.0. The second kappa shape index (κ2) is 7.93. The Kier molecular flexibility index (Phi) is 5.02. The van der Waals surface area contributed by atoms with Crippen LogP contribution in [0.1, 0.15) is 15.9 Å². The third-order valence-corrected chi connectivity index (χ3v) is 4.33. The van der Waals surface area contributed by atoms with Gasteiger partial charge in [-0.3, -0.25) is 0 Å². The molecule has 0 aliphatic rings. The summed E-state index contributed by atoms with van der Waals surface area (Å²) in [4.78, 5) is 12.5. The first kappa shape index (κ1) is 17.7. The molecular weight excluding hydrogens is 347 g/mol. The molecule has 0 heterocycles. The van der Waals surface area contributed by atoms with E-state index in [4.69, 9.17) is 17.0 Å². The van der Waals surface area contributed by atoms with Crippen molar-refractivity contribution in [1.29, 1.82) is 0 Å². The Bertz CT molecular complexity index is 1140. The molecule has 0 atom stereocenters. The Hall–Kier alpha value is -3.66. The van der Waals surface area contributed by atoms with Gasteiger partial charge in [0.2, 0.25) is 0 Å². The van der Waals surface area contributed by atoms with E-state index in [1.165, 1.54) is 0 Å². The third kappa shape index (κ3) is 3.72. The average molecular weight is 363 g/mol. The zero-order chi connectivity index (χ0) is 19.3. The number of ether oxygens (including phenoxy) is 2. The summed E-state index contributed by atoms with van der Waals surface area (Å²) < 4.78 is 11.6. The zero-order valence-corrected chi connectivity index (χ0v) is 15.0. The van der Waals surface area contributed by atoms with E-state index >= 15 is 0 Å². The maximum atomic E-state index is 12.5. The fourth-order valence-corrected chi connectivity index (χ4v) is 2.91. The first-order valence-electron chi connectivity index (χ1n) is 8.87. The number of hydrogen-bond donors (Lipinski definition) is 0. The summed E-state index contributed by atoms with van der Waals surface area (Å²) in [6.45, 7) is 0. The topological polar surface area (TPSA) is 35.5 Å². The molecule has 4 aromatic rings. The third-order valence-electron chi connectivity index (χ3n) is 4.33. The van der Waals surface area contributed by atoms with Crippen LogP contribution < -0.4 is 9.47 Å². The normalized spacial score (nSPS) is 10.4. The summed E-state index contributed by atoms with van der Waals surface area (Å²) in [5.41, 5.74) is 1.44. The molecule has 0 aliphatic heterocycles. The fourth-order valence-electron chi connectivity index (χ4n) is 2.91. The molecule has 4 aromatic carbocycles. The van der Waals surface area contributed by atoms with E-state index < -0.39 is 5.97 Å². The van der Waals surface area contributed by atoms with Gasteiger partial charge in [0.05, 0.1) is 0 Å². The van der Waals surface area contributed by atoms with E-state index in [1.54, 1.807) is 30.3 Å². The van der Waals surface area contributed by atoms with Crippen LogP contribution >= 0.6 is 0 Å².